The Bertz CT molecular complexity index is 1030. The summed E-state index contributed by atoms with van der Waals surface area (Å²) in [6.45, 7) is 18.2. The molecule has 36 heavy (non-hydrogen) atoms. The average Bonchev–Trinajstić information content (AvgIpc) is 2.77. The summed E-state index contributed by atoms with van der Waals surface area (Å²) < 4.78 is 5.72. The molecular weight excluding hydrogens is 448 g/mol. The van der Waals surface area contributed by atoms with Crippen LogP contribution in [-0.2, 0) is 19.1 Å². The van der Waals surface area contributed by atoms with E-state index in [0.717, 1.165) is 51.4 Å². The summed E-state index contributed by atoms with van der Waals surface area (Å²) >= 11 is 0. The lowest BCUT2D eigenvalue weighted by Gasteiger charge is -2.70. The molecule has 4 saturated carbocycles. The highest BCUT2D eigenvalue weighted by molar-refractivity contribution is 5.96. The van der Waals surface area contributed by atoms with Gasteiger partial charge in [-0.3, -0.25) is 14.4 Å². The zero-order valence-corrected chi connectivity index (χ0v) is 24.0. The Kier molecular flexibility index (Phi) is 5.66. The van der Waals surface area contributed by atoms with Crippen molar-refractivity contribution in [3.63, 3.8) is 0 Å². The highest BCUT2D eigenvalue weighted by atomic mass is 16.5. The first kappa shape index (κ1) is 26.2. The van der Waals surface area contributed by atoms with Gasteiger partial charge in [0.2, 0.25) is 0 Å². The first-order valence-corrected chi connectivity index (χ1v) is 14.5. The van der Waals surface area contributed by atoms with Crippen molar-refractivity contribution in [2.24, 2.45) is 50.2 Å². The van der Waals surface area contributed by atoms with Gasteiger partial charge in [0.1, 0.15) is 5.78 Å². The Hall–Kier alpha value is -1.45. The van der Waals surface area contributed by atoms with Gasteiger partial charge < -0.3 is 4.74 Å². The molecule has 200 valence electrons. The van der Waals surface area contributed by atoms with Gasteiger partial charge in [-0.05, 0) is 90.9 Å². The molecule has 0 bridgehead atoms. The monoisotopic (exact) mass is 496 g/mol. The predicted octanol–water partition coefficient (Wildman–Crippen LogP) is 7.10. The van der Waals surface area contributed by atoms with E-state index in [2.05, 4.69) is 54.5 Å². The zero-order chi connectivity index (χ0) is 26.5. The highest BCUT2D eigenvalue weighted by Crippen LogP contribution is 2.74. The molecule has 0 aromatic carbocycles. The van der Waals surface area contributed by atoms with Crippen molar-refractivity contribution >= 4 is 17.5 Å². The van der Waals surface area contributed by atoms with Crippen LogP contribution in [0.1, 0.15) is 113 Å². The van der Waals surface area contributed by atoms with Crippen molar-refractivity contribution in [3.8, 4) is 0 Å². The number of allylic oxidation sites excluding steroid dienone is 2. The van der Waals surface area contributed by atoms with Crippen LogP contribution in [0, 0.1) is 50.2 Å². The van der Waals surface area contributed by atoms with Gasteiger partial charge in [-0.2, -0.15) is 0 Å². The van der Waals surface area contributed by atoms with E-state index < -0.39 is 0 Å². The molecule has 4 nitrogen and oxygen atoms in total. The van der Waals surface area contributed by atoms with Crippen LogP contribution in [0.2, 0.25) is 0 Å². The van der Waals surface area contributed by atoms with E-state index in [1.54, 1.807) is 0 Å². The first-order chi connectivity index (χ1) is 16.5. The Morgan fingerprint density at radius 1 is 0.944 bits per heavy atom. The summed E-state index contributed by atoms with van der Waals surface area (Å²) in [5.74, 6) is 0.957. The second kappa shape index (κ2) is 7.79. The molecule has 5 rings (SSSR count). The molecule has 0 aromatic rings. The predicted molar refractivity (Wildman–Crippen MR) is 141 cm³/mol. The summed E-state index contributed by atoms with van der Waals surface area (Å²) in [4.78, 5) is 39.2. The summed E-state index contributed by atoms with van der Waals surface area (Å²) in [5.41, 5.74) is 0.820. The Labute approximate surface area is 218 Å². The van der Waals surface area contributed by atoms with Gasteiger partial charge in [0.15, 0.2) is 5.78 Å². The SMILES string of the molecule is CC(=O)OC[C@]12CCC(C)(C)C[C@H]1C1=CC(=O)[C@@H]3[C@@]4(C)CCC(=O)C(C)(C)[C@@H]4CC[C@@]3(C)[C@]1(C)CC2. The molecule has 0 spiro atoms. The number of carbonyl (C=O) groups is 3. The maximum atomic E-state index is 14.3. The smallest absolute Gasteiger partial charge is 0.302 e. The number of Topliss-reactive ketones (excluding diaryl/α,β-unsaturated/α-hetero) is 1. The molecule has 0 aromatic heterocycles. The van der Waals surface area contributed by atoms with Crippen LogP contribution in [0.5, 0.6) is 0 Å². The van der Waals surface area contributed by atoms with Crippen LogP contribution in [0.15, 0.2) is 11.6 Å². The van der Waals surface area contributed by atoms with Crippen LogP contribution in [-0.4, -0.2) is 24.1 Å². The number of fused-ring (bicyclic) bond motifs is 7. The van der Waals surface area contributed by atoms with E-state index in [1.807, 2.05) is 0 Å². The Morgan fingerprint density at radius 2 is 1.61 bits per heavy atom. The molecule has 0 amide bonds. The molecule has 0 heterocycles. The fourth-order valence-electron chi connectivity index (χ4n) is 10.5. The van der Waals surface area contributed by atoms with Crippen LogP contribution < -0.4 is 0 Å². The largest absolute Gasteiger partial charge is 0.465 e. The summed E-state index contributed by atoms with van der Waals surface area (Å²) in [5, 5.41) is 0. The third kappa shape index (κ3) is 3.34. The van der Waals surface area contributed by atoms with E-state index in [0.29, 0.717) is 24.6 Å². The Balaban J connectivity index is 1.62. The van der Waals surface area contributed by atoms with E-state index in [-0.39, 0.29) is 56.2 Å². The molecule has 0 unspecified atom stereocenters. The number of hydrogen-bond acceptors (Lipinski definition) is 4. The number of ether oxygens (including phenoxy) is 1. The number of carbonyl (C=O) groups excluding carboxylic acids is 3. The standard InChI is InChI=1S/C32H48O4/c1-20(33)36-19-32-15-13-27(2,3)18-22(32)21-17-23(34)26-29(6)11-10-25(35)28(4,5)24(29)9-12-31(26,8)30(21,7)14-16-32/h17,22,24,26H,9-16,18-19H2,1-8H3/t22-,24-,26+,29-,30+,31+,32+/m0/s1. The fourth-order valence-corrected chi connectivity index (χ4v) is 10.5. The van der Waals surface area contributed by atoms with Gasteiger partial charge in [-0.1, -0.05) is 54.0 Å². The maximum Gasteiger partial charge on any atom is 0.302 e. The van der Waals surface area contributed by atoms with Crippen LogP contribution in [0.4, 0.5) is 0 Å². The summed E-state index contributed by atoms with van der Waals surface area (Å²) in [6, 6.07) is 0. The van der Waals surface area contributed by atoms with Crippen LogP contribution in [0.25, 0.3) is 0 Å². The normalized spacial score (nSPS) is 47.0. The van der Waals surface area contributed by atoms with Crippen molar-refractivity contribution in [1.29, 1.82) is 0 Å². The average molecular weight is 497 g/mol. The van der Waals surface area contributed by atoms with Gasteiger partial charge in [0.05, 0.1) is 6.61 Å². The Morgan fingerprint density at radius 3 is 2.28 bits per heavy atom. The second-order valence-corrected chi connectivity index (χ2v) is 15.5. The number of hydrogen-bond donors (Lipinski definition) is 0. The van der Waals surface area contributed by atoms with Crippen molar-refractivity contribution in [2.45, 2.75) is 113 Å². The lowest BCUT2D eigenvalue weighted by Crippen LogP contribution is -2.66. The van der Waals surface area contributed by atoms with Crippen LogP contribution in [0.3, 0.4) is 0 Å². The zero-order valence-electron chi connectivity index (χ0n) is 24.0. The third-order valence-corrected chi connectivity index (χ3v) is 12.9. The lowest BCUT2D eigenvalue weighted by molar-refractivity contribution is -0.190. The number of rotatable bonds is 2. The molecule has 4 fully saturated rings. The minimum Gasteiger partial charge on any atom is -0.465 e. The molecule has 0 aliphatic heterocycles. The molecule has 0 radical (unpaired) electrons. The van der Waals surface area contributed by atoms with Crippen molar-refractivity contribution < 1.29 is 19.1 Å². The molecule has 0 saturated heterocycles. The third-order valence-electron chi connectivity index (χ3n) is 12.9. The topological polar surface area (TPSA) is 60.4 Å². The second-order valence-electron chi connectivity index (χ2n) is 15.5. The van der Waals surface area contributed by atoms with Gasteiger partial charge in [0, 0.05) is 30.1 Å². The maximum absolute atomic E-state index is 14.3. The van der Waals surface area contributed by atoms with Crippen molar-refractivity contribution in [3.05, 3.63) is 11.6 Å². The van der Waals surface area contributed by atoms with Gasteiger partial charge in [0.25, 0.3) is 0 Å². The fraction of sp³-hybridized carbons (Fsp3) is 0.844. The van der Waals surface area contributed by atoms with E-state index in [4.69, 9.17) is 4.74 Å². The first-order valence-electron chi connectivity index (χ1n) is 14.5. The quantitative estimate of drug-likeness (QED) is 0.383. The van der Waals surface area contributed by atoms with E-state index in [9.17, 15) is 14.4 Å². The molecule has 5 aliphatic rings. The summed E-state index contributed by atoms with van der Waals surface area (Å²) in [6.07, 6.45) is 10.8. The minimum atomic E-state index is -0.362. The molecule has 4 heteroatoms. The lowest BCUT2D eigenvalue weighted by atomic mass is 9.33. The van der Waals surface area contributed by atoms with Crippen LogP contribution >= 0.6 is 0 Å². The van der Waals surface area contributed by atoms with E-state index in [1.165, 1.54) is 12.5 Å². The number of ketones is 2. The summed E-state index contributed by atoms with van der Waals surface area (Å²) in [7, 11) is 0. The van der Waals surface area contributed by atoms with Gasteiger partial charge in [-0.25, -0.2) is 0 Å². The van der Waals surface area contributed by atoms with E-state index >= 15 is 0 Å². The minimum absolute atomic E-state index is 0.0394. The number of esters is 1. The molecule has 0 N–H and O–H groups in total. The molecule has 7 atom stereocenters. The van der Waals surface area contributed by atoms with Gasteiger partial charge >= 0.3 is 5.97 Å². The van der Waals surface area contributed by atoms with Gasteiger partial charge in [-0.15, -0.1) is 0 Å². The van der Waals surface area contributed by atoms with Crippen molar-refractivity contribution in [1.82, 2.24) is 0 Å². The molecule has 5 aliphatic carbocycles. The molecular formula is C32H48O4. The van der Waals surface area contributed by atoms with Crippen molar-refractivity contribution in [2.75, 3.05) is 6.61 Å². The highest BCUT2D eigenvalue weighted by Gasteiger charge is 2.70.